The maximum absolute atomic E-state index is 13.4. The van der Waals surface area contributed by atoms with Crippen LogP contribution in [0.25, 0.3) is 0 Å². The Bertz CT molecular complexity index is 1460. The molecule has 1 rings (SSSR count). The van der Waals surface area contributed by atoms with Gasteiger partial charge in [0.2, 0.25) is 5.91 Å². The first-order chi connectivity index (χ1) is 35.7. The number of aliphatic hydroxyl groups excluding tert-OH is 5. The van der Waals surface area contributed by atoms with Crippen molar-refractivity contribution in [2.45, 2.75) is 294 Å². The molecule has 0 bridgehead atoms. The second kappa shape index (κ2) is 49.9. The molecule has 8 atom stereocenters. The van der Waals surface area contributed by atoms with Gasteiger partial charge in [-0.25, -0.2) is 0 Å². The lowest BCUT2D eigenvalue weighted by atomic mass is 9.99. The van der Waals surface area contributed by atoms with E-state index in [9.17, 15) is 35.1 Å². The molecule has 1 fully saturated rings. The second-order valence-corrected chi connectivity index (χ2v) is 20.4. The molecule has 11 heteroatoms. The lowest BCUT2D eigenvalue weighted by molar-refractivity contribution is -0.305. The van der Waals surface area contributed by atoms with Crippen LogP contribution in [0.1, 0.15) is 245 Å². The zero-order valence-electron chi connectivity index (χ0n) is 46.5. The molecule has 422 valence electrons. The van der Waals surface area contributed by atoms with Crippen molar-refractivity contribution in [1.29, 1.82) is 0 Å². The number of unbranched alkanes of at least 4 members (excludes halogenated alkanes) is 25. The fourth-order valence-corrected chi connectivity index (χ4v) is 8.92. The number of hydrogen-bond donors (Lipinski definition) is 6. The molecule has 0 aromatic heterocycles. The summed E-state index contributed by atoms with van der Waals surface area (Å²) in [6, 6.07) is -1.04. The van der Waals surface area contributed by atoms with E-state index in [1.165, 1.54) is 122 Å². The van der Waals surface area contributed by atoms with Crippen molar-refractivity contribution in [3.05, 3.63) is 72.9 Å². The van der Waals surface area contributed by atoms with E-state index in [4.69, 9.17) is 14.2 Å². The number of hydrogen-bond acceptors (Lipinski definition) is 10. The van der Waals surface area contributed by atoms with E-state index in [0.29, 0.717) is 19.3 Å². The SMILES string of the molecule is CC/C=C\C/C=C\C/C=C\C/C=C\C/C=C\CCCC(=O)OC1C(OCC(NC(=O)C(O)CCCCCCCCCCCCCCCC)C(O)/C=C/CCCCCCCCCCCCC)OC(CO)C(O)C1O. The number of amides is 1. The molecule has 0 aliphatic carbocycles. The minimum absolute atomic E-state index is 0.0439. The molecule has 0 aromatic rings. The third-order valence-corrected chi connectivity index (χ3v) is 13.6. The van der Waals surface area contributed by atoms with Gasteiger partial charge in [-0.1, -0.05) is 248 Å². The summed E-state index contributed by atoms with van der Waals surface area (Å²) < 4.78 is 17.5. The van der Waals surface area contributed by atoms with E-state index in [2.05, 4.69) is 74.7 Å². The first-order valence-corrected chi connectivity index (χ1v) is 29.7. The van der Waals surface area contributed by atoms with Crippen molar-refractivity contribution < 1.29 is 49.3 Å². The van der Waals surface area contributed by atoms with Crippen LogP contribution in [0, 0.1) is 0 Å². The summed E-state index contributed by atoms with van der Waals surface area (Å²) >= 11 is 0. The Hall–Kier alpha value is -2.90. The number of carbonyl (C=O) groups is 2. The first kappa shape index (κ1) is 68.1. The number of ether oxygens (including phenoxy) is 3. The lowest BCUT2D eigenvalue weighted by Crippen LogP contribution is -2.61. The Kier molecular flexibility index (Phi) is 46.6. The molecule has 11 nitrogen and oxygen atoms in total. The number of rotatable bonds is 49. The molecule has 1 saturated heterocycles. The van der Waals surface area contributed by atoms with E-state index in [0.717, 1.165) is 70.6 Å². The van der Waals surface area contributed by atoms with Crippen molar-refractivity contribution in [2.75, 3.05) is 13.2 Å². The van der Waals surface area contributed by atoms with Crippen LogP contribution in [0.5, 0.6) is 0 Å². The number of nitrogens with one attached hydrogen (secondary N) is 1. The Morgan fingerprint density at radius 2 is 0.986 bits per heavy atom. The minimum Gasteiger partial charge on any atom is -0.454 e. The highest BCUT2D eigenvalue weighted by Gasteiger charge is 2.47. The fraction of sp³-hybridized carbons (Fsp3) is 0.774. The summed E-state index contributed by atoms with van der Waals surface area (Å²) in [7, 11) is 0. The highest BCUT2D eigenvalue weighted by Crippen LogP contribution is 2.26. The van der Waals surface area contributed by atoms with Gasteiger partial charge in [-0.05, 0) is 64.2 Å². The van der Waals surface area contributed by atoms with Crippen LogP contribution in [0.2, 0.25) is 0 Å². The van der Waals surface area contributed by atoms with Crippen molar-refractivity contribution in [3.63, 3.8) is 0 Å². The van der Waals surface area contributed by atoms with Crippen LogP contribution in [0.15, 0.2) is 72.9 Å². The normalized spacial score (nSPS) is 19.9. The monoisotopic (exact) mass is 1030 g/mol. The average molecular weight is 1030 g/mol. The summed E-state index contributed by atoms with van der Waals surface area (Å²) in [5, 5.41) is 56.9. The largest absolute Gasteiger partial charge is 0.454 e. The average Bonchev–Trinajstić information content (AvgIpc) is 3.39. The molecule has 8 unspecified atom stereocenters. The highest BCUT2D eigenvalue weighted by molar-refractivity contribution is 5.80. The van der Waals surface area contributed by atoms with Crippen molar-refractivity contribution in [3.8, 4) is 0 Å². The van der Waals surface area contributed by atoms with Gasteiger partial charge in [-0.2, -0.15) is 0 Å². The zero-order valence-corrected chi connectivity index (χ0v) is 46.5. The zero-order chi connectivity index (χ0) is 53.3. The van der Waals surface area contributed by atoms with Gasteiger partial charge >= 0.3 is 5.97 Å². The van der Waals surface area contributed by atoms with Crippen LogP contribution in [0.3, 0.4) is 0 Å². The molecule has 0 aromatic carbocycles. The molecular weight excluding hydrogens is 919 g/mol. The number of carbonyl (C=O) groups excluding carboxylic acids is 2. The van der Waals surface area contributed by atoms with E-state index in [1.807, 2.05) is 18.2 Å². The Balaban J connectivity index is 2.76. The van der Waals surface area contributed by atoms with E-state index >= 15 is 0 Å². The van der Waals surface area contributed by atoms with E-state index in [1.54, 1.807) is 6.08 Å². The molecule has 6 N–H and O–H groups in total. The van der Waals surface area contributed by atoms with E-state index < -0.39 is 67.4 Å². The minimum atomic E-state index is -1.64. The van der Waals surface area contributed by atoms with Crippen LogP contribution >= 0.6 is 0 Å². The summed E-state index contributed by atoms with van der Waals surface area (Å²) in [5.41, 5.74) is 0. The van der Waals surface area contributed by atoms with Crippen LogP contribution < -0.4 is 5.32 Å². The van der Waals surface area contributed by atoms with Gasteiger partial charge in [0.05, 0.1) is 25.4 Å². The standard InChI is InChI=1S/C62H109NO10/c1-4-7-10-13-16-19-22-25-27-28-29-32-35-38-41-44-47-50-57(67)73-60-59(69)58(68)56(51-64)72-62(60)71-52-53(54(65)48-45-42-39-36-33-30-24-21-18-15-12-9-6-3)63-61(70)55(66)49-46-43-40-37-34-31-26-23-20-17-14-11-8-5-2/h7,10,16,19,25,27,29,32,38,41,45,48,53-56,58-60,62,64-66,68-69H,4-6,8-9,11-15,17-18,20-24,26,28,30-31,33-37,39-40,42-44,46-47,49-52H2,1-3H3,(H,63,70)/b10-7-,19-16-,27-25-,32-29-,41-38-,48-45+. The number of aliphatic hydroxyl groups is 5. The van der Waals surface area contributed by atoms with Crippen molar-refractivity contribution >= 4 is 11.9 Å². The number of esters is 1. The summed E-state index contributed by atoms with van der Waals surface area (Å²) in [5.74, 6) is -1.25. The van der Waals surface area contributed by atoms with Gasteiger partial charge in [-0.3, -0.25) is 9.59 Å². The third-order valence-electron chi connectivity index (χ3n) is 13.6. The van der Waals surface area contributed by atoms with Crippen molar-refractivity contribution in [2.24, 2.45) is 0 Å². The molecule has 0 saturated carbocycles. The molecule has 0 spiro atoms. The third kappa shape index (κ3) is 38.3. The predicted molar refractivity (Wildman–Crippen MR) is 301 cm³/mol. The second-order valence-electron chi connectivity index (χ2n) is 20.4. The van der Waals surface area contributed by atoms with Crippen LogP contribution in [0.4, 0.5) is 0 Å². The summed E-state index contributed by atoms with van der Waals surface area (Å²) in [4.78, 5) is 26.5. The van der Waals surface area contributed by atoms with Crippen LogP contribution in [-0.2, 0) is 23.8 Å². The van der Waals surface area contributed by atoms with Gasteiger partial charge in [0, 0.05) is 6.42 Å². The molecule has 1 aliphatic rings. The molecule has 1 heterocycles. The van der Waals surface area contributed by atoms with Gasteiger partial charge in [0.15, 0.2) is 12.4 Å². The molecule has 1 amide bonds. The van der Waals surface area contributed by atoms with E-state index in [-0.39, 0.29) is 19.4 Å². The van der Waals surface area contributed by atoms with Crippen molar-refractivity contribution in [1.82, 2.24) is 5.32 Å². The smallest absolute Gasteiger partial charge is 0.306 e. The van der Waals surface area contributed by atoms with Gasteiger partial charge in [0.25, 0.3) is 0 Å². The quantitative estimate of drug-likeness (QED) is 0.0195. The molecule has 1 aliphatic heterocycles. The summed E-state index contributed by atoms with van der Waals surface area (Å²) in [6.07, 6.45) is 52.3. The summed E-state index contributed by atoms with van der Waals surface area (Å²) in [6.45, 7) is 5.64. The Labute approximate surface area is 445 Å². The number of allylic oxidation sites excluding steroid dienone is 11. The van der Waals surface area contributed by atoms with Gasteiger partial charge in [-0.15, -0.1) is 0 Å². The highest BCUT2D eigenvalue weighted by atomic mass is 16.7. The topological polar surface area (TPSA) is 175 Å². The Morgan fingerprint density at radius 3 is 1.47 bits per heavy atom. The molecular formula is C62H109NO10. The molecule has 0 radical (unpaired) electrons. The molecule has 73 heavy (non-hydrogen) atoms. The fourth-order valence-electron chi connectivity index (χ4n) is 8.92. The van der Waals surface area contributed by atoms with Crippen LogP contribution in [-0.4, -0.2) is 99.6 Å². The maximum Gasteiger partial charge on any atom is 0.306 e. The Morgan fingerprint density at radius 1 is 0.548 bits per heavy atom. The van der Waals surface area contributed by atoms with Gasteiger partial charge < -0.3 is 45.1 Å². The van der Waals surface area contributed by atoms with Gasteiger partial charge in [0.1, 0.15) is 24.4 Å². The predicted octanol–water partition coefficient (Wildman–Crippen LogP) is 13.6. The maximum atomic E-state index is 13.4. The first-order valence-electron chi connectivity index (χ1n) is 29.7. The lowest BCUT2D eigenvalue weighted by Gasteiger charge is -2.41.